The number of hydrogen-bond acceptors (Lipinski definition) is 3. The van der Waals surface area contributed by atoms with Crippen molar-refractivity contribution in [2.75, 3.05) is 33.0 Å². The van der Waals surface area contributed by atoms with E-state index in [1.54, 1.807) is 0 Å². The van der Waals surface area contributed by atoms with Gasteiger partial charge < -0.3 is 10.1 Å². The van der Waals surface area contributed by atoms with E-state index in [1.807, 2.05) is 6.07 Å². The Morgan fingerprint density at radius 2 is 1.87 bits per heavy atom. The maximum absolute atomic E-state index is 5.29. The quantitative estimate of drug-likeness (QED) is 0.797. The Kier molecular flexibility index (Phi) is 4.14. The van der Waals surface area contributed by atoms with Crippen LogP contribution >= 0.6 is 0 Å². The molecule has 1 fully saturated rings. The number of rotatable bonds is 4. The zero-order valence-electron chi connectivity index (χ0n) is 8.98. The molecular weight excluding hydrogens is 188 g/mol. The number of ether oxygens (including phenoxy) is 1. The summed E-state index contributed by atoms with van der Waals surface area (Å²) in [5, 5.41) is 3.44. The van der Waals surface area contributed by atoms with E-state index >= 15 is 0 Å². The van der Waals surface area contributed by atoms with E-state index < -0.39 is 0 Å². The van der Waals surface area contributed by atoms with Crippen molar-refractivity contribution in [2.45, 2.75) is 6.54 Å². The monoisotopic (exact) mass is 206 g/mol. The molecule has 2 rings (SSSR count). The zero-order valence-corrected chi connectivity index (χ0v) is 8.98. The largest absolute Gasteiger partial charge is 0.379 e. The van der Waals surface area contributed by atoms with Crippen molar-refractivity contribution in [3.8, 4) is 0 Å². The van der Waals surface area contributed by atoms with Crippen LogP contribution < -0.4 is 5.32 Å². The summed E-state index contributed by atoms with van der Waals surface area (Å²) in [5.41, 5.74) is 1.34. The van der Waals surface area contributed by atoms with E-state index in [-0.39, 0.29) is 0 Å². The fourth-order valence-corrected chi connectivity index (χ4v) is 1.71. The van der Waals surface area contributed by atoms with E-state index in [1.165, 1.54) is 5.56 Å². The Labute approximate surface area is 91.0 Å². The minimum Gasteiger partial charge on any atom is -0.379 e. The van der Waals surface area contributed by atoms with E-state index in [0.29, 0.717) is 0 Å². The summed E-state index contributed by atoms with van der Waals surface area (Å²) in [6.07, 6.45) is 0. The molecule has 0 spiro atoms. The van der Waals surface area contributed by atoms with Crippen molar-refractivity contribution < 1.29 is 4.74 Å². The lowest BCUT2D eigenvalue weighted by atomic mass is 10.2. The summed E-state index contributed by atoms with van der Waals surface area (Å²) < 4.78 is 5.29. The summed E-state index contributed by atoms with van der Waals surface area (Å²) >= 11 is 0. The Bertz CT molecular complexity index is 270. The van der Waals surface area contributed by atoms with Crippen LogP contribution in [0.5, 0.6) is 0 Å². The van der Waals surface area contributed by atoms with Gasteiger partial charge in [0.1, 0.15) is 0 Å². The fourth-order valence-electron chi connectivity index (χ4n) is 1.71. The van der Waals surface area contributed by atoms with Gasteiger partial charge in [0.15, 0.2) is 0 Å². The minimum absolute atomic E-state index is 0.868. The smallest absolute Gasteiger partial charge is 0.0594 e. The molecule has 3 heteroatoms. The van der Waals surface area contributed by atoms with Crippen LogP contribution in [0.15, 0.2) is 30.3 Å². The molecule has 1 saturated heterocycles. The van der Waals surface area contributed by atoms with Crippen molar-refractivity contribution in [3.05, 3.63) is 35.9 Å². The zero-order chi connectivity index (χ0) is 10.3. The molecule has 1 aromatic carbocycles. The third-order valence-electron chi connectivity index (χ3n) is 2.61. The fraction of sp³-hybridized carbons (Fsp3) is 0.500. The van der Waals surface area contributed by atoms with Gasteiger partial charge in [-0.1, -0.05) is 30.3 Å². The number of hydrogen-bond donors (Lipinski definition) is 1. The van der Waals surface area contributed by atoms with Gasteiger partial charge in [0.05, 0.1) is 13.2 Å². The second-order valence-corrected chi connectivity index (χ2v) is 3.80. The Hall–Kier alpha value is -0.900. The second-order valence-electron chi connectivity index (χ2n) is 3.80. The molecule has 0 radical (unpaired) electrons. The normalized spacial score (nSPS) is 17.9. The molecule has 1 N–H and O–H groups in total. The molecule has 15 heavy (non-hydrogen) atoms. The van der Waals surface area contributed by atoms with Gasteiger partial charge >= 0.3 is 0 Å². The molecule has 0 bridgehead atoms. The van der Waals surface area contributed by atoms with Gasteiger partial charge in [-0.05, 0) is 5.56 Å². The van der Waals surface area contributed by atoms with Crippen LogP contribution in [0.4, 0.5) is 0 Å². The Balaban J connectivity index is 1.66. The van der Waals surface area contributed by atoms with Crippen molar-refractivity contribution in [1.29, 1.82) is 0 Å². The van der Waals surface area contributed by atoms with Crippen molar-refractivity contribution in [3.63, 3.8) is 0 Å². The highest BCUT2D eigenvalue weighted by atomic mass is 16.5. The van der Waals surface area contributed by atoms with Crippen molar-refractivity contribution >= 4 is 0 Å². The predicted octanol–water partition coefficient (Wildman–Crippen LogP) is 1.07. The molecule has 0 amide bonds. The maximum Gasteiger partial charge on any atom is 0.0594 e. The van der Waals surface area contributed by atoms with Crippen LogP contribution in [-0.2, 0) is 11.3 Å². The average Bonchev–Trinajstić information content (AvgIpc) is 2.32. The first-order valence-electron chi connectivity index (χ1n) is 5.50. The summed E-state index contributed by atoms with van der Waals surface area (Å²) in [4.78, 5) is 2.38. The van der Waals surface area contributed by atoms with Gasteiger partial charge in [0.25, 0.3) is 0 Å². The molecule has 1 aliphatic heterocycles. The molecule has 0 unspecified atom stereocenters. The molecular formula is C12H18N2O. The molecule has 0 atom stereocenters. The summed E-state index contributed by atoms with van der Waals surface area (Å²) in [6, 6.07) is 10.5. The second kappa shape index (κ2) is 5.85. The standard InChI is InChI=1S/C12H18N2O/c1-2-4-12(5-3-1)10-13-11-14-6-8-15-9-7-14/h1-5,13H,6-11H2. The van der Waals surface area contributed by atoms with Crippen LogP contribution in [0.2, 0.25) is 0 Å². The minimum atomic E-state index is 0.868. The first-order valence-corrected chi connectivity index (χ1v) is 5.50. The number of benzene rings is 1. The Morgan fingerprint density at radius 3 is 2.60 bits per heavy atom. The van der Waals surface area contributed by atoms with E-state index in [2.05, 4.69) is 34.5 Å². The predicted molar refractivity (Wildman–Crippen MR) is 60.5 cm³/mol. The number of nitrogens with one attached hydrogen (secondary N) is 1. The molecule has 1 heterocycles. The molecule has 1 aliphatic rings. The SMILES string of the molecule is c1ccc(CNCN2CCOCC2)cc1. The van der Waals surface area contributed by atoms with Crippen LogP contribution in [0, 0.1) is 0 Å². The van der Waals surface area contributed by atoms with Gasteiger partial charge in [0.2, 0.25) is 0 Å². The molecule has 3 nitrogen and oxygen atoms in total. The summed E-state index contributed by atoms with van der Waals surface area (Å²) in [5.74, 6) is 0. The lowest BCUT2D eigenvalue weighted by Crippen LogP contribution is -2.41. The van der Waals surface area contributed by atoms with E-state index in [4.69, 9.17) is 4.74 Å². The molecule has 0 saturated carbocycles. The van der Waals surface area contributed by atoms with Crippen molar-refractivity contribution in [2.24, 2.45) is 0 Å². The Morgan fingerprint density at radius 1 is 1.13 bits per heavy atom. The van der Waals surface area contributed by atoms with Crippen LogP contribution in [0.3, 0.4) is 0 Å². The van der Waals surface area contributed by atoms with Crippen molar-refractivity contribution in [1.82, 2.24) is 10.2 Å². The number of nitrogens with zero attached hydrogens (tertiary/aromatic N) is 1. The molecule has 1 aromatic rings. The lowest BCUT2D eigenvalue weighted by Gasteiger charge is -2.26. The highest BCUT2D eigenvalue weighted by Crippen LogP contribution is 1.98. The van der Waals surface area contributed by atoms with Crippen LogP contribution in [0.1, 0.15) is 5.56 Å². The number of morpholine rings is 1. The molecule has 0 aromatic heterocycles. The topological polar surface area (TPSA) is 24.5 Å². The lowest BCUT2D eigenvalue weighted by molar-refractivity contribution is 0.0340. The first-order chi connectivity index (χ1) is 7.45. The van der Waals surface area contributed by atoms with Crippen LogP contribution in [-0.4, -0.2) is 37.9 Å². The first kappa shape index (κ1) is 10.6. The highest BCUT2D eigenvalue weighted by molar-refractivity contribution is 5.14. The van der Waals surface area contributed by atoms with Gasteiger partial charge in [0, 0.05) is 26.3 Å². The van der Waals surface area contributed by atoms with Crippen LogP contribution in [0.25, 0.3) is 0 Å². The summed E-state index contributed by atoms with van der Waals surface area (Å²) in [6.45, 7) is 5.72. The van der Waals surface area contributed by atoms with E-state index in [0.717, 1.165) is 39.5 Å². The highest BCUT2D eigenvalue weighted by Gasteiger charge is 2.08. The van der Waals surface area contributed by atoms with Gasteiger partial charge in [-0.25, -0.2) is 0 Å². The van der Waals surface area contributed by atoms with Gasteiger partial charge in [-0.15, -0.1) is 0 Å². The van der Waals surface area contributed by atoms with Gasteiger partial charge in [-0.3, -0.25) is 4.90 Å². The third kappa shape index (κ3) is 3.63. The summed E-state index contributed by atoms with van der Waals surface area (Å²) in [7, 11) is 0. The maximum atomic E-state index is 5.29. The average molecular weight is 206 g/mol. The molecule has 0 aliphatic carbocycles. The van der Waals surface area contributed by atoms with Gasteiger partial charge in [-0.2, -0.15) is 0 Å². The molecule has 82 valence electrons. The third-order valence-corrected chi connectivity index (χ3v) is 2.61. The van der Waals surface area contributed by atoms with E-state index in [9.17, 15) is 0 Å².